The summed E-state index contributed by atoms with van der Waals surface area (Å²) in [6.07, 6.45) is 1.06. The molecule has 1 amide bonds. The molecule has 2 N–H and O–H groups in total. The summed E-state index contributed by atoms with van der Waals surface area (Å²) in [4.78, 5) is 16.7. The number of piperazine rings is 1. The Labute approximate surface area is 174 Å². The van der Waals surface area contributed by atoms with Crippen LogP contribution >= 0.6 is 0 Å². The predicted molar refractivity (Wildman–Crippen MR) is 119 cm³/mol. The molecular weight excluding hydrogens is 362 g/mol. The van der Waals surface area contributed by atoms with E-state index >= 15 is 0 Å². The van der Waals surface area contributed by atoms with E-state index in [4.69, 9.17) is 4.74 Å². The van der Waals surface area contributed by atoms with Gasteiger partial charge in [-0.1, -0.05) is 32.0 Å². The SMILES string of the molecule is CC[C@@H](C)c1ccccc1NC(=O)[C@@H](C)[NH+]1CCN(c2ccc(OC)cc2)CC1. The molecule has 0 saturated carbocycles. The van der Waals surface area contributed by atoms with Gasteiger partial charge in [0.1, 0.15) is 5.75 Å². The Hall–Kier alpha value is -2.53. The Morgan fingerprint density at radius 2 is 1.76 bits per heavy atom. The van der Waals surface area contributed by atoms with E-state index < -0.39 is 0 Å². The van der Waals surface area contributed by atoms with Gasteiger partial charge in [-0.05, 0) is 55.2 Å². The van der Waals surface area contributed by atoms with Crippen molar-refractivity contribution in [3.05, 3.63) is 54.1 Å². The summed E-state index contributed by atoms with van der Waals surface area (Å²) in [6.45, 7) is 10.2. The Morgan fingerprint density at radius 3 is 2.38 bits per heavy atom. The fourth-order valence-electron chi connectivity index (χ4n) is 3.97. The number of amides is 1. The number of para-hydroxylation sites is 1. The van der Waals surface area contributed by atoms with Crippen LogP contribution in [-0.2, 0) is 4.79 Å². The molecule has 0 radical (unpaired) electrons. The van der Waals surface area contributed by atoms with Gasteiger partial charge in [-0.2, -0.15) is 0 Å². The minimum absolute atomic E-state index is 0.0713. The normalized spacial score (nSPS) is 16.9. The number of nitrogens with one attached hydrogen (secondary N) is 2. The lowest BCUT2D eigenvalue weighted by Gasteiger charge is -2.36. The van der Waals surface area contributed by atoms with Crippen molar-refractivity contribution in [2.45, 2.75) is 39.2 Å². The molecule has 0 aromatic heterocycles. The first-order chi connectivity index (χ1) is 14.0. The fourth-order valence-corrected chi connectivity index (χ4v) is 3.97. The maximum Gasteiger partial charge on any atom is 0.282 e. The van der Waals surface area contributed by atoms with Crippen LogP contribution in [0.3, 0.4) is 0 Å². The quantitative estimate of drug-likeness (QED) is 0.756. The average molecular weight is 397 g/mol. The molecule has 1 fully saturated rings. The molecule has 5 nitrogen and oxygen atoms in total. The zero-order valence-corrected chi connectivity index (χ0v) is 18.1. The third kappa shape index (κ3) is 5.10. The molecule has 0 aliphatic carbocycles. The van der Waals surface area contributed by atoms with Crippen molar-refractivity contribution in [1.82, 2.24) is 0 Å². The second kappa shape index (κ2) is 9.79. The first-order valence-electron chi connectivity index (χ1n) is 10.7. The number of ether oxygens (including phenoxy) is 1. The lowest BCUT2D eigenvalue weighted by atomic mass is 9.97. The molecule has 0 unspecified atom stereocenters. The summed E-state index contributed by atoms with van der Waals surface area (Å²) < 4.78 is 5.24. The highest BCUT2D eigenvalue weighted by Crippen LogP contribution is 2.26. The molecule has 156 valence electrons. The van der Waals surface area contributed by atoms with Crippen molar-refractivity contribution in [1.29, 1.82) is 0 Å². The summed E-state index contributed by atoms with van der Waals surface area (Å²) >= 11 is 0. The second-order valence-electron chi connectivity index (χ2n) is 7.95. The molecule has 0 spiro atoms. The monoisotopic (exact) mass is 396 g/mol. The van der Waals surface area contributed by atoms with Crippen molar-refractivity contribution in [2.24, 2.45) is 0 Å². The Morgan fingerprint density at radius 1 is 1.10 bits per heavy atom. The van der Waals surface area contributed by atoms with Crippen molar-refractivity contribution in [3.8, 4) is 5.75 Å². The minimum atomic E-state index is -0.0713. The van der Waals surface area contributed by atoms with Crippen LogP contribution < -0.4 is 19.9 Å². The molecule has 5 heteroatoms. The molecule has 1 aliphatic rings. The van der Waals surface area contributed by atoms with E-state index in [1.54, 1.807) is 7.11 Å². The molecule has 1 aliphatic heterocycles. The molecule has 2 atom stereocenters. The first-order valence-corrected chi connectivity index (χ1v) is 10.7. The zero-order chi connectivity index (χ0) is 20.8. The highest BCUT2D eigenvalue weighted by atomic mass is 16.5. The number of quaternary nitrogens is 1. The molecule has 2 aromatic carbocycles. The zero-order valence-electron chi connectivity index (χ0n) is 18.1. The van der Waals surface area contributed by atoms with E-state index in [-0.39, 0.29) is 11.9 Å². The standard InChI is InChI=1S/C24H33N3O2/c1-5-18(2)22-8-6-7-9-23(22)25-24(28)19(3)26-14-16-27(17-15-26)20-10-12-21(29-4)13-11-20/h6-13,18-19H,5,14-17H2,1-4H3,(H,25,28)/p+1/t18-,19-/m1/s1. The summed E-state index contributed by atoms with van der Waals surface area (Å²) in [5, 5.41) is 3.19. The summed E-state index contributed by atoms with van der Waals surface area (Å²) in [7, 11) is 1.69. The van der Waals surface area contributed by atoms with E-state index in [2.05, 4.69) is 42.3 Å². The molecule has 2 aromatic rings. The van der Waals surface area contributed by atoms with Gasteiger partial charge in [-0.3, -0.25) is 4.79 Å². The van der Waals surface area contributed by atoms with E-state index in [9.17, 15) is 4.79 Å². The number of nitrogens with zero attached hydrogens (tertiary/aromatic N) is 1. The van der Waals surface area contributed by atoms with Gasteiger partial charge in [0.2, 0.25) is 0 Å². The van der Waals surface area contributed by atoms with Gasteiger partial charge in [0.25, 0.3) is 5.91 Å². The van der Waals surface area contributed by atoms with Gasteiger partial charge < -0.3 is 19.9 Å². The molecule has 1 heterocycles. The molecular formula is C24H34N3O2+. The number of methoxy groups -OCH3 is 1. The van der Waals surface area contributed by atoms with Gasteiger partial charge >= 0.3 is 0 Å². The Kier molecular flexibility index (Phi) is 7.15. The van der Waals surface area contributed by atoms with Crippen molar-refractivity contribution < 1.29 is 14.4 Å². The summed E-state index contributed by atoms with van der Waals surface area (Å²) in [5.74, 6) is 1.41. The lowest BCUT2D eigenvalue weighted by Crippen LogP contribution is -3.19. The molecule has 0 bridgehead atoms. The van der Waals surface area contributed by atoms with Gasteiger partial charge in [0.05, 0.1) is 33.3 Å². The van der Waals surface area contributed by atoms with Crippen LogP contribution in [0.5, 0.6) is 5.75 Å². The third-order valence-electron chi connectivity index (χ3n) is 6.21. The number of carbonyl (C=O) groups excluding carboxylic acids is 1. The topological polar surface area (TPSA) is 46.0 Å². The lowest BCUT2D eigenvalue weighted by molar-refractivity contribution is -0.914. The van der Waals surface area contributed by atoms with E-state index in [0.717, 1.165) is 44.0 Å². The number of hydrogen-bond donors (Lipinski definition) is 2. The van der Waals surface area contributed by atoms with Gasteiger partial charge in [0, 0.05) is 11.4 Å². The van der Waals surface area contributed by atoms with Crippen molar-refractivity contribution >= 4 is 17.3 Å². The number of carbonyl (C=O) groups is 1. The third-order valence-corrected chi connectivity index (χ3v) is 6.21. The van der Waals surface area contributed by atoms with E-state index in [1.165, 1.54) is 16.2 Å². The highest BCUT2D eigenvalue weighted by molar-refractivity contribution is 5.94. The number of hydrogen-bond acceptors (Lipinski definition) is 3. The van der Waals surface area contributed by atoms with Gasteiger partial charge in [-0.15, -0.1) is 0 Å². The number of rotatable bonds is 7. The first kappa shape index (κ1) is 21.2. The predicted octanol–water partition coefficient (Wildman–Crippen LogP) is 2.94. The van der Waals surface area contributed by atoms with Crippen LogP contribution in [-0.4, -0.2) is 45.2 Å². The van der Waals surface area contributed by atoms with Gasteiger partial charge in [0.15, 0.2) is 6.04 Å². The van der Waals surface area contributed by atoms with Crippen molar-refractivity contribution in [3.63, 3.8) is 0 Å². The van der Waals surface area contributed by atoms with Crippen LogP contribution in [0, 0.1) is 0 Å². The largest absolute Gasteiger partial charge is 0.497 e. The molecule has 29 heavy (non-hydrogen) atoms. The van der Waals surface area contributed by atoms with Crippen LogP contribution in [0.15, 0.2) is 48.5 Å². The minimum Gasteiger partial charge on any atom is -0.497 e. The molecule has 1 saturated heterocycles. The fraction of sp³-hybridized carbons (Fsp3) is 0.458. The number of benzene rings is 2. The van der Waals surface area contributed by atoms with Crippen molar-refractivity contribution in [2.75, 3.05) is 43.5 Å². The maximum absolute atomic E-state index is 12.9. The van der Waals surface area contributed by atoms with Crippen LogP contribution in [0.4, 0.5) is 11.4 Å². The Bertz CT molecular complexity index is 798. The maximum atomic E-state index is 12.9. The van der Waals surface area contributed by atoms with E-state index in [0.29, 0.717) is 5.92 Å². The van der Waals surface area contributed by atoms with E-state index in [1.807, 2.05) is 37.3 Å². The number of anilines is 2. The van der Waals surface area contributed by atoms with Gasteiger partial charge in [-0.25, -0.2) is 0 Å². The van der Waals surface area contributed by atoms with Crippen LogP contribution in [0.25, 0.3) is 0 Å². The molecule has 3 rings (SSSR count). The van der Waals surface area contributed by atoms with Crippen LogP contribution in [0.2, 0.25) is 0 Å². The second-order valence-corrected chi connectivity index (χ2v) is 7.95. The average Bonchev–Trinajstić information content (AvgIpc) is 2.78. The highest BCUT2D eigenvalue weighted by Gasteiger charge is 2.29. The Balaban J connectivity index is 1.57. The van der Waals surface area contributed by atoms with Crippen LogP contribution in [0.1, 0.15) is 38.7 Å². The smallest absolute Gasteiger partial charge is 0.282 e. The summed E-state index contributed by atoms with van der Waals surface area (Å²) in [6, 6.07) is 16.3. The summed E-state index contributed by atoms with van der Waals surface area (Å²) in [5.41, 5.74) is 3.38.